The Morgan fingerprint density at radius 3 is 2.57 bits per heavy atom. The summed E-state index contributed by atoms with van der Waals surface area (Å²) in [7, 11) is 2.01. The zero-order valence-corrected chi connectivity index (χ0v) is 12.2. The molecule has 0 spiro atoms. The molecule has 0 N–H and O–H groups in total. The van der Waals surface area contributed by atoms with E-state index in [9.17, 15) is 0 Å². The number of fused-ring (bicyclic) bond motifs is 1. The molecule has 2 heterocycles. The molecule has 0 fully saturated rings. The Morgan fingerprint density at radius 1 is 1.14 bits per heavy atom. The number of allylic oxidation sites excluding steroid dienone is 1. The molecule has 3 rings (SSSR count). The fraction of sp³-hybridized carbons (Fsp3) is 0.0588. The zero-order chi connectivity index (χ0) is 14.8. The topological polar surface area (TPSA) is 52.5 Å². The minimum atomic E-state index is 0.115. The predicted molar refractivity (Wildman–Crippen MR) is 85.4 cm³/mol. The van der Waals surface area contributed by atoms with Crippen molar-refractivity contribution in [3.05, 3.63) is 52.9 Å². The summed E-state index contributed by atoms with van der Waals surface area (Å²) in [5.41, 5.74) is 3.16. The van der Waals surface area contributed by atoms with Crippen molar-refractivity contribution >= 4 is 28.3 Å². The zero-order valence-electron chi connectivity index (χ0n) is 11.4. The molecule has 21 heavy (non-hydrogen) atoms. The number of hydrogen-bond donors (Lipinski definition) is 0. The van der Waals surface area contributed by atoms with Gasteiger partial charge in [-0.2, -0.15) is 10.5 Å². The minimum absolute atomic E-state index is 0.115. The average molecular weight is 289 g/mol. The van der Waals surface area contributed by atoms with Gasteiger partial charge in [0.15, 0.2) is 0 Å². The standard InChI is InChI=1S/C17H11N3S/c1-20-15-6-3-2-5-13(15)14(9-12(10-18)11-19)17(20)16-7-4-8-21-16/h2-9H,1H3. The number of aryl methyl sites for hydroxylation is 1. The van der Waals surface area contributed by atoms with Crippen molar-refractivity contribution in [1.29, 1.82) is 10.5 Å². The molecule has 0 atom stereocenters. The fourth-order valence-electron chi connectivity index (χ4n) is 2.51. The lowest BCUT2D eigenvalue weighted by Gasteiger charge is -2.03. The molecular weight excluding hydrogens is 278 g/mol. The molecule has 3 aromatic rings. The molecule has 0 saturated heterocycles. The third-order valence-corrected chi connectivity index (χ3v) is 4.31. The molecule has 3 nitrogen and oxygen atoms in total. The normalized spacial score (nSPS) is 10.0. The molecule has 0 aliphatic rings. The lowest BCUT2D eigenvalue weighted by Crippen LogP contribution is -1.90. The molecule has 0 aliphatic heterocycles. The van der Waals surface area contributed by atoms with Crippen molar-refractivity contribution < 1.29 is 0 Å². The average Bonchev–Trinajstić information content (AvgIpc) is 3.12. The molecule has 0 unspecified atom stereocenters. The molecular formula is C17H11N3S. The molecule has 0 amide bonds. The van der Waals surface area contributed by atoms with E-state index in [4.69, 9.17) is 10.5 Å². The Morgan fingerprint density at radius 2 is 1.90 bits per heavy atom. The number of thiophene rings is 1. The first kappa shape index (κ1) is 13.2. The summed E-state index contributed by atoms with van der Waals surface area (Å²) in [6.07, 6.45) is 1.68. The number of hydrogen-bond acceptors (Lipinski definition) is 3. The first-order chi connectivity index (χ1) is 10.3. The quantitative estimate of drug-likeness (QED) is 0.659. The summed E-state index contributed by atoms with van der Waals surface area (Å²) >= 11 is 1.65. The van der Waals surface area contributed by atoms with Crippen molar-refractivity contribution in [3.63, 3.8) is 0 Å². The van der Waals surface area contributed by atoms with Crippen LogP contribution in [-0.4, -0.2) is 4.57 Å². The van der Waals surface area contributed by atoms with Crippen LogP contribution in [0.5, 0.6) is 0 Å². The lowest BCUT2D eigenvalue weighted by atomic mass is 10.1. The summed E-state index contributed by atoms with van der Waals surface area (Å²) in [5, 5.41) is 21.2. The van der Waals surface area contributed by atoms with E-state index >= 15 is 0 Å². The highest BCUT2D eigenvalue weighted by Gasteiger charge is 2.16. The van der Waals surface area contributed by atoms with E-state index in [-0.39, 0.29) is 5.57 Å². The highest BCUT2D eigenvalue weighted by atomic mass is 32.1. The van der Waals surface area contributed by atoms with E-state index in [0.29, 0.717) is 0 Å². The van der Waals surface area contributed by atoms with E-state index < -0.39 is 0 Å². The van der Waals surface area contributed by atoms with Crippen LogP contribution >= 0.6 is 11.3 Å². The Kier molecular flexibility index (Phi) is 3.31. The second-order valence-corrected chi connectivity index (χ2v) is 5.55. The maximum absolute atomic E-state index is 9.04. The predicted octanol–water partition coefficient (Wildman–Crippen LogP) is 4.34. The Labute approximate surface area is 126 Å². The first-order valence-corrected chi connectivity index (χ1v) is 7.27. The lowest BCUT2D eigenvalue weighted by molar-refractivity contribution is 0.980. The van der Waals surface area contributed by atoms with Gasteiger partial charge >= 0.3 is 0 Å². The molecule has 100 valence electrons. The maximum atomic E-state index is 9.04. The van der Waals surface area contributed by atoms with E-state index in [1.165, 1.54) is 0 Å². The van der Waals surface area contributed by atoms with Crippen LogP contribution in [0.1, 0.15) is 5.56 Å². The largest absolute Gasteiger partial charge is 0.342 e. The molecule has 2 aromatic heterocycles. The molecule has 0 radical (unpaired) electrons. The first-order valence-electron chi connectivity index (χ1n) is 6.39. The van der Waals surface area contributed by atoms with Crippen molar-refractivity contribution in [2.24, 2.45) is 7.05 Å². The van der Waals surface area contributed by atoms with Gasteiger partial charge in [-0.05, 0) is 23.6 Å². The van der Waals surface area contributed by atoms with Gasteiger partial charge in [0.05, 0.1) is 10.6 Å². The Balaban J connectivity index is 2.42. The SMILES string of the molecule is Cn1c(-c2cccs2)c(C=C(C#N)C#N)c2ccccc21. The van der Waals surface area contributed by atoms with Crippen LogP contribution in [-0.2, 0) is 7.05 Å². The van der Waals surface area contributed by atoms with Crippen molar-refractivity contribution in [1.82, 2.24) is 4.57 Å². The summed E-state index contributed by atoms with van der Waals surface area (Å²) in [6, 6.07) is 16.0. The van der Waals surface area contributed by atoms with Crippen LogP contribution in [0.3, 0.4) is 0 Å². The highest BCUT2D eigenvalue weighted by molar-refractivity contribution is 7.13. The number of benzene rings is 1. The van der Waals surface area contributed by atoms with Crippen LogP contribution in [0, 0.1) is 22.7 Å². The van der Waals surface area contributed by atoms with Gasteiger partial charge in [0.2, 0.25) is 0 Å². The van der Waals surface area contributed by atoms with Gasteiger partial charge in [-0.3, -0.25) is 0 Å². The summed E-state index contributed by atoms with van der Waals surface area (Å²) in [4.78, 5) is 1.12. The van der Waals surface area contributed by atoms with Crippen LogP contribution < -0.4 is 0 Å². The maximum Gasteiger partial charge on any atom is 0.130 e. The third-order valence-electron chi connectivity index (χ3n) is 3.43. The molecule has 0 bridgehead atoms. The van der Waals surface area contributed by atoms with E-state index in [1.807, 2.05) is 54.9 Å². The number of aromatic nitrogens is 1. The van der Waals surface area contributed by atoms with E-state index in [0.717, 1.165) is 27.0 Å². The van der Waals surface area contributed by atoms with E-state index in [2.05, 4.69) is 10.6 Å². The fourth-order valence-corrected chi connectivity index (χ4v) is 3.33. The van der Waals surface area contributed by atoms with Crippen molar-refractivity contribution in [3.8, 4) is 22.7 Å². The van der Waals surface area contributed by atoms with Crippen LogP contribution in [0.25, 0.3) is 27.6 Å². The number of nitrogens with zero attached hydrogens (tertiary/aromatic N) is 3. The van der Waals surface area contributed by atoms with Gasteiger partial charge in [-0.25, -0.2) is 0 Å². The monoisotopic (exact) mass is 289 g/mol. The second-order valence-electron chi connectivity index (χ2n) is 4.60. The Hall–Kier alpha value is -2.82. The molecule has 1 aromatic carbocycles. The van der Waals surface area contributed by atoms with Gasteiger partial charge in [0, 0.05) is 23.5 Å². The van der Waals surface area contributed by atoms with Gasteiger partial charge < -0.3 is 4.57 Å². The summed E-state index contributed by atoms with van der Waals surface area (Å²) < 4.78 is 2.11. The summed E-state index contributed by atoms with van der Waals surface area (Å²) in [6.45, 7) is 0. The Bertz CT molecular complexity index is 899. The molecule has 0 saturated carbocycles. The van der Waals surface area contributed by atoms with Crippen molar-refractivity contribution in [2.45, 2.75) is 0 Å². The second kappa shape index (κ2) is 5.28. The number of rotatable bonds is 2. The number of nitriles is 2. The van der Waals surface area contributed by atoms with Gasteiger partial charge in [0.1, 0.15) is 17.7 Å². The molecule has 4 heteroatoms. The minimum Gasteiger partial charge on any atom is -0.342 e. The number of para-hydroxylation sites is 1. The molecule has 0 aliphatic carbocycles. The van der Waals surface area contributed by atoms with Gasteiger partial charge in [-0.1, -0.05) is 24.3 Å². The van der Waals surface area contributed by atoms with Crippen molar-refractivity contribution in [2.75, 3.05) is 0 Å². The third kappa shape index (κ3) is 2.12. The smallest absolute Gasteiger partial charge is 0.130 e. The van der Waals surface area contributed by atoms with Crippen LogP contribution in [0.2, 0.25) is 0 Å². The van der Waals surface area contributed by atoms with Gasteiger partial charge in [0.25, 0.3) is 0 Å². The summed E-state index contributed by atoms with van der Waals surface area (Å²) in [5.74, 6) is 0. The highest BCUT2D eigenvalue weighted by Crippen LogP contribution is 2.36. The van der Waals surface area contributed by atoms with Crippen LogP contribution in [0.15, 0.2) is 47.4 Å². The van der Waals surface area contributed by atoms with Crippen LogP contribution in [0.4, 0.5) is 0 Å². The van der Waals surface area contributed by atoms with Gasteiger partial charge in [-0.15, -0.1) is 11.3 Å². The van der Waals surface area contributed by atoms with E-state index in [1.54, 1.807) is 17.4 Å².